The second-order valence-electron chi connectivity index (χ2n) is 6.07. The Hall–Kier alpha value is -2.04. The van der Waals surface area contributed by atoms with E-state index < -0.39 is 6.10 Å². The largest absolute Gasteiger partial charge is 0.494 e. The third-order valence-electron chi connectivity index (χ3n) is 3.70. The Kier molecular flexibility index (Phi) is 6.02. The van der Waals surface area contributed by atoms with Crippen LogP contribution in [0.15, 0.2) is 54.6 Å². The first-order valence-electron chi connectivity index (χ1n) is 7.93. The molecule has 1 unspecified atom stereocenters. The summed E-state index contributed by atoms with van der Waals surface area (Å²) >= 11 is 0. The SMILES string of the molecule is CCOc1ccc([N+](C)(C)CC(O)COc2ccccc2)cc1. The van der Waals surface area contributed by atoms with Crippen LogP contribution in [-0.2, 0) is 0 Å². The molecule has 124 valence electrons. The molecule has 0 amide bonds. The van der Waals surface area contributed by atoms with Crippen molar-refractivity contribution in [2.75, 3.05) is 33.9 Å². The molecule has 0 fully saturated rings. The summed E-state index contributed by atoms with van der Waals surface area (Å²) in [6.45, 7) is 3.48. The van der Waals surface area contributed by atoms with Crippen molar-refractivity contribution < 1.29 is 14.6 Å². The minimum Gasteiger partial charge on any atom is -0.494 e. The van der Waals surface area contributed by atoms with Crippen LogP contribution in [0, 0.1) is 0 Å². The lowest BCUT2D eigenvalue weighted by molar-refractivity contribution is 0.0840. The Morgan fingerprint density at radius 3 is 2.13 bits per heavy atom. The Bertz CT molecular complexity index is 581. The van der Waals surface area contributed by atoms with E-state index in [0.29, 0.717) is 17.6 Å². The zero-order valence-electron chi connectivity index (χ0n) is 14.1. The zero-order chi connectivity index (χ0) is 16.7. The first-order chi connectivity index (χ1) is 11.0. The first-order valence-corrected chi connectivity index (χ1v) is 7.93. The first kappa shape index (κ1) is 17.3. The molecule has 0 aliphatic rings. The van der Waals surface area contributed by atoms with Crippen LogP contribution < -0.4 is 14.0 Å². The van der Waals surface area contributed by atoms with E-state index >= 15 is 0 Å². The van der Waals surface area contributed by atoms with Crippen LogP contribution in [0.25, 0.3) is 0 Å². The van der Waals surface area contributed by atoms with Crippen molar-refractivity contribution in [1.82, 2.24) is 4.48 Å². The molecule has 0 saturated carbocycles. The fourth-order valence-electron chi connectivity index (χ4n) is 2.51. The Morgan fingerprint density at radius 1 is 0.913 bits per heavy atom. The molecule has 2 rings (SSSR count). The van der Waals surface area contributed by atoms with Gasteiger partial charge in [-0.15, -0.1) is 0 Å². The topological polar surface area (TPSA) is 38.7 Å². The number of hydrogen-bond acceptors (Lipinski definition) is 3. The van der Waals surface area contributed by atoms with E-state index in [4.69, 9.17) is 9.47 Å². The highest BCUT2D eigenvalue weighted by atomic mass is 16.5. The van der Waals surface area contributed by atoms with Gasteiger partial charge in [0.2, 0.25) is 0 Å². The lowest BCUT2D eigenvalue weighted by Gasteiger charge is -2.31. The average Bonchev–Trinajstić information content (AvgIpc) is 2.54. The minimum atomic E-state index is -0.545. The molecule has 0 aliphatic heterocycles. The van der Waals surface area contributed by atoms with Gasteiger partial charge in [0.15, 0.2) is 0 Å². The molecule has 2 aromatic carbocycles. The van der Waals surface area contributed by atoms with Gasteiger partial charge in [-0.05, 0) is 31.2 Å². The van der Waals surface area contributed by atoms with Crippen LogP contribution in [0.3, 0.4) is 0 Å². The van der Waals surface area contributed by atoms with Gasteiger partial charge >= 0.3 is 0 Å². The number of benzene rings is 2. The third-order valence-corrected chi connectivity index (χ3v) is 3.70. The van der Waals surface area contributed by atoms with Crippen LogP contribution >= 0.6 is 0 Å². The van der Waals surface area contributed by atoms with Crippen molar-refractivity contribution in [1.29, 1.82) is 0 Å². The Labute approximate surface area is 138 Å². The molecule has 1 N–H and O–H groups in total. The fourth-order valence-corrected chi connectivity index (χ4v) is 2.51. The summed E-state index contributed by atoms with van der Waals surface area (Å²) in [5, 5.41) is 10.3. The monoisotopic (exact) mass is 316 g/mol. The molecule has 0 saturated heterocycles. The molecule has 0 heterocycles. The van der Waals surface area contributed by atoms with Crippen molar-refractivity contribution in [2.45, 2.75) is 13.0 Å². The van der Waals surface area contributed by atoms with Crippen molar-refractivity contribution in [3.8, 4) is 11.5 Å². The number of aliphatic hydroxyl groups is 1. The quantitative estimate of drug-likeness (QED) is 0.761. The number of para-hydroxylation sites is 1. The number of likely N-dealkylation sites (N-methyl/N-ethyl adjacent to an activating group) is 1. The summed E-state index contributed by atoms with van der Waals surface area (Å²) in [6.07, 6.45) is -0.545. The molecule has 0 bridgehead atoms. The van der Waals surface area contributed by atoms with Crippen LogP contribution in [0.1, 0.15) is 6.92 Å². The van der Waals surface area contributed by atoms with Crippen molar-refractivity contribution >= 4 is 5.69 Å². The molecule has 4 heteroatoms. The van der Waals surface area contributed by atoms with E-state index in [9.17, 15) is 5.11 Å². The molecular weight excluding hydrogens is 290 g/mol. The van der Waals surface area contributed by atoms with Crippen molar-refractivity contribution in [3.05, 3.63) is 54.6 Å². The predicted molar refractivity (Wildman–Crippen MR) is 94.1 cm³/mol. The van der Waals surface area contributed by atoms with Gasteiger partial charge in [0.1, 0.15) is 36.4 Å². The molecule has 0 aliphatic carbocycles. The molecule has 23 heavy (non-hydrogen) atoms. The number of nitrogens with zero attached hydrogens (tertiary/aromatic N) is 1. The highest BCUT2D eigenvalue weighted by molar-refractivity contribution is 5.45. The third kappa shape index (κ3) is 5.27. The molecule has 1 atom stereocenters. The Balaban J connectivity index is 1.91. The van der Waals surface area contributed by atoms with Crippen LogP contribution in [0.4, 0.5) is 5.69 Å². The van der Waals surface area contributed by atoms with E-state index in [-0.39, 0.29) is 6.61 Å². The summed E-state index contributed by atoms with van der Waals surface area (Å²) in [5.74, 6) is 1.64. The lowest BCUT2D eigenvalue weighted by atomic mass is 10.2. The van der Waals surface area contributed by atoms with E-state index in [0.717, 1.165) is 17.2 Å². The van der Waals surface area contributed by atoms with Gasteiger partial charge in [-0.1, -0.05) is 18.2 Å². The number of hydrogen-bond donors (Lipinski definition) is 1. The summed E-state index contributed by atoms with van der Waals surface area (Å²) in [5.41, 5.74) is 1.12. The van der Waals surface area contributed by atoms with Crippen LogP contribution in [0.5, 0.6) is 11.5 Å². The number of quaternary nitrogens is 1. The molecule has 2 aromatic rings. The maximum absolute atomic E-state index is 10.3. The van der Waals surface area contributed by atoms with E-state index in [1.165, 1.54) is 0 Å². The van der Waals surface area contributed by atoms with Crippen molar-refractivity contribution in [3.63, 3.8) is 0 Å². The van der Waals surface area contributed by atoms with Crippen LogP contribution in [0.2, 0.25) is 0 Å². The van der Waals surface area contributed by atoms with E-state index in [1.54, 1.807) is 0 Å². The smallest absolute Gasteiger partial charge is 0.137 e. The van der Waals surface area contributed by atoms with Gasteiger partial charge in [0.05, 0.1) is 20.7 Å². The van der Waals surface area contributed by atoms with Gasteiger partial charge in [-0.2, -0.15) is 0 Å². The maximum atomic E-state index is 10.3. The van der Waals surface area contributed by atoms with Gasteiger partial charge < -0.3 is 14.6 Å². The molecule has 0 spiro atoms. The van der Waals surface area contributed by atoms with Crippen LogP contribution in [-0.4, -0.2) is 45.1 Å². The molecule has 0 aromatic heterocycles. The summed E-state index contributed by atoms with van der Waals surface area (Å²) in [7, 11) is 4.14. The average molecular weight is 316 g/mol. The normalized spacial score (nSPS) is 12.7. The predicted octanol–water partition coefficient (Wildman–Crippen LogP) is 3.09. The van der Waals surface area contributed by atoms with Crippen molar-refractivity contribution in [2.24, 2.45) is 0 Å². The number of aliphatic hydroxyl groups excluding tert-OH is 1. The van der Waals surface area contributed by atoms with Gasteiger partial charge in [0.25, 0.3) is 0 Å². The highest BCUT2D eigenvalue weighted by Crippen LogP contribution is 2.23. The molecular formula is C19H26NO3+. The number of ether oxygens (including phenoxy) is 2. The second kappa shape index (κ2) is 7.99. The number of rotatable bonds is 8. The summed E-state index contributed by atoms with van der Waals surface area (Å²) in [4.78, 5) is 0. The van der Waals surface area contributed by atoms with Gasteiger partial charge in [-0.25, -0.2) is 0 Å². The van der Waals surface area contributed by atoms with Gasteiger partial charge in [-0.3, -0.25) is 4.48 Å². The lowest BCUT2D eigenvalue weighted by Crippen LogP contribution is -2.47. The molecule has 0 radical (unpaired) electrons. The highest BCUT2D eigenvalue weighted by Gasteiger charge is 2.24. The van der Waals surface area contributed by atoms with E-state index in [1.807, 2.05) is 61.5 Å². The second-order valence-corrected chi connectivity index (χ2v) is 6.07. The zero-order valence-corrected chi connectivity index (χ0v) is 14.1. The van der Waals surface area contributed by atoms with E-state index in [2.05, 4.69) is 14.1 Å². The van der Waals surface area contributed by atoms with Gasteiger partial charge in [0, 0.05) is 12.1 Å². The Morgan fingerprint density at radius 2 is 1.52 bits per heavy atom. The fraction of sp³-hybridized carbons (Fsp3) is 0.368. The molecule has 4 nitrogen and oxygen atoms in total. The maximum Gasteiger partial charge on any atom is 0.137 e. The summed E-state index contributed by atoms with van der Waals surface area (Å²) in [6, 6.07) is 17.6. The summed E-state index contributed by atoms with van der Waals surface area (Å²) < 4.78 is 11.7. The minimum absolute atomic E-state index is 0.280. The standard InChI is InChI=1S/C19H26NO3/c1-4-22-19-12-10-16(11-13-19)20(2,3)14-17(21)15-23-18-8-6-5-7-9-18/h5-13,17,21H,4,14-15H2,1-3H3/q+1.